The fraction of sp³-hybridized carbons (Fsp3) is 0.158. The van der Waals surface area contributed by atoms with Crippen LogP contribution in [0.4, 0.5) is 5.69 Å². The average molecular weight is 338 g/mol. The van der Waals surface area contributed by atoms with E-state index in [1.807, 2.05) is 18.2 Å². The van der Waals surface area contributed by atoms with Crippen LogP contribution < -0.4 is 19.5 Å². The number of hydrogen-bond acceptors (Lipinski definition) is 5. The zero-order chi connectivity index (χ0) is 17.8. The van der Waals surface area contributed by atoms with Gasteiger partial charge in [-0.25, -0.2) is 0 Å². The van der Waals surface area contributed by atoms with E-state index < -0.39 is 0 Å². The first-order valence-corrected chi connectivity index (χ1v) is 7.62. The molecule has 128 valence electrons. The Bertz CT molecular complexity index is 902. The van der Waals surface area contributed by atoms with Crippen LogP contribution in [-0.2, 0) is 0 Å². The number of fused-ring (bicyclic) bond motifs is 1. The summed E-state index contributed by atoms with van der Waals surface area (Å²) in [7, 11) is 4.65. The van der Waals surface area contributed by atoms with Gasteiger partial charge in [0.15, 0.2) is 0 Å². The van der Waals surface area contributed by atoms with Gasteiger partial charge < -0.3 is 19.5 Å². The van der Waals surface area contributed by atoms with E-state index in [4.69, 9.17) is 14.2 Å². The number of benzene rings is 2. The topological polar surface area (TPSA) is 69.7 Å². The number of hydrogen-bond donors (Lipinski definition) is 1. The van der Waals surface area contributed by atoms with E-state index in [1.165, 1.54) is 14.2 Å². The lowest BCUT2D eigenvalue weighted by atomic mass is 10.1. The lowest BCUT2D eigenvalue weighted by molar-refractivity contribution is 0.102. The van der Waals surface area contributed by atoms with Crippen molar-refractivity contribution < 1.29 is 19.0 Å². The maximum Gasteiger partial charge on any atom is 0.255 e. The van der Waals surface area contributed by atoms with Crippen molar-refractivity contribution in [3.8, 4) is 17.2 Å². The van der Waals surface area contributed by atoms with Crippen LogP contribution in [0.1, 0.15) is 10.4 Å². The summed E-state index contributed by atoms with van der Waals surface area (Å²) in [6.07, 6.45) is 1.68. The van der Waals surface area contributed by atoms with Gasteiger partial charge in [-0.1, -0.05) is 6.07 Å². The van der Waals surface area contributed by atoms with E-state index >= 15 is 0 Å². The Balaban J connectivity index is 2.00. The molecule has 2 aromatic carbocycles. The number of methoxy groups -OCH3 is 3. The van der Waals surface area contributed by atoms with Gasteiger partial charge in [-0.2, -0.15) is 0 Å². The number of carbonyl (C=O) groups is 1. The highest BCUT2D eigenvalue weighted by atomic mass is 16.5. The summed E-state index contributed by atoms with van der Waals surface area (Å²) in [4.78, 5) is 17.1. The fourth-order valence-electron chi connectivity index (χ4n) is 2.51. The maximum atomic E-state index is 12.7. The van der Waals surface area contributed by atoms with Crippen LogP contribution in [-0.4, -0.2) is 32.2 Å². The number of pyridine rings is 1. The molecular formula is C19H18N2O4. The molecule has 1 N–H and O–H groups in total. The molecule has 0 radical (unpaired) electrons. The molecule has 0 aliphatic heterocycles. The van der Waals surface area contributed by atoms with Gasteiger partial charge in [-0.05, 0) is 24.3 Å². The summed E-state index contributed by atoms with van der Waals surface area (Å²) < 4.78 is 15.7. The third-order valence-corrected chi connectivity index (χ3v) is 3.78. The molecule has 0 bridgehead atoms. The van der Waals surface area contributed by atoms with E-state index in [2.05, 4.69) is 10.3 Å². The van der Waals surface area contributed by atoms with Gasteiger partial charge in [0.1, 0.15) is 17.2 Å². The van der Waals surface area contributed by atoms with Crippen LogP contribution in [0.2, 0.25) is 0 Å². The summed E-state index contributed by atoms with van der Waals surface area (Å²) >= 11 is 0. The second kappa shape index (κ2) is 7.09. The molecule has 0 aliphatic carbocycles. The van der Waals surface area contributed by atoms with Crippen LogP contribution in [0.3, 0.4) is 0 Å². The predicted molar refractivity (Wildman–Crippen MR) is 95.8 cm³/mol. The van der Waals surface area contributed by atoms with Gasteiger partial charge in [0.25, 0.3) is 5.91 Å². The van der Waals surface area contributed by atoms with E-state index in [-0.39, 0.29) is 5.91 Å². The Morgan fingerprint density at radius 3 is 2.20 bits per heavy atom. The minimum Gasteiger partial charge on any atom is -0.497 e. The SMILES string of the molecule is COc1cc(OC)cc(C(=O)Nc2cc(OC)cc3cccnc23)c1. The van der Waals surface area contributed by atoms with Gasteiger partial charge >= 0.3 is 0 Å². The zero-order valence-electron chi connectivity index (χ0n) is 14.2. The standard InChI is InChI=1S/C19H18N2O4/c1-23-14-8-13(9-15(10-14)24-2)19(22)21-17-11-16(25-3)7-12-5-4-6-20-18(12)17/h4-11H,1-3H3,(H,21,22). The Labute approximate surface area is 145 Å². The molecule has 0 aliphatic rings. The molecule has 0 atom stereocenters. The minimum absolute atomic E-state index is 0.294. The van der Waals surface area contributed by atoms with Crippen LogP contribution in [0, 0.1) is 0 Å². The summed E-state index contributed by atoms with van der Waals surface area (Å²) in [5, 5.41) is 3.76. The Morgan fingerprint density at radius 1 is 0.920 bits per heavy atom. The molecule has 0 spiro atoms. The number of carbonyl (C=O) groups excluding carboxylic acids is 1. The molecule has 0 fully saturated rings. The first-order valence-electron chi connectivity index (χ1n) is 7.62. The molecule has 6 nitrogen and oxygen atoms in total. The van der Waals surface area contributed by atoms with E-state index in [1.54, 1.807) is 37.6 Å². The van der Waals surface area contributed by atoms with E-state index in [0.717, 1.165) is 5.39 Å². The lowest BCUT2D eigenvalue weighted by Crippen LogP contribution is -2.13. The van der Waals surface area contributed by atoms with Crippen molar-refractivity contribution in [3.05, 3.63) is 54.2 Å². The Kier molecular flexibility index (Phi) is 4.70. The number of nitrogens with zero attached hydrogens (tertiary/aromatic N) is 1. The van der Waals surface area contributed by atoms with Gasteiger partial charge in [-0.3, -0.25) is 9.78 Å². The lowest BCUT2D eigenvalue weighted by Gasteiger charge is -2.12. The predicted octanol–water partition coefficient (Wildman–Crippen LogP) is 3.51. The zero-order valence-corrected chi connectivity index (χ0v) is 14.2. The normalized spacial score (nSPS) is 10.4. The van der Waals surface area contributed by atoms with Gasteiger partial charge in [0.2, 0.25) is 0 Å². The van der Waals surface area contributed by atoms with Crippen molar-refractivity contribution in [1.29, 1.82) is 0 Å². The molecule has 0 saturated heterocycles. The third kappa shape index (κ3) is 3.47. The quantitative estimate of drug-likeness (QED) is 0.771. The largest absolute Gasteiger partial charge is 0.497 e. The maximum absolute atomic E-state index is 12.7. The molecule has 6 heteroatoms. The Morgan fingerprint density at radius 2 is 1.56 bits per heavy atom. The monoisotopic (exact) mass is 338 g/mol. The summed E-state index contributed by atoms with van der Waals surface area (Å²) in [6, 6.07) is 12.4. The van der Waals surface area contributed by atoms with Crippen molar-refractivity contribution in [2.75, 3.05) is 26.6 Å². The van der Waals surface area contributed by atoms with Crippen LogP contribution >= 0.6 is 0 Å². The first-order chi connectivity index (χ1) is 12.1. The highest BCUT2D eigenvalue weighted by molar-refractivity contribution is 6.09. The smallest absolute Gasteiger partial charge is 0.255 e. The molecule has 1 heterocycles. The molecule has 3 aromatic rings. The van der Waals surface area contributed by atoms with E-state index in [9.17, 15) is 4.79 Å². The van der Waals surface area contributed by atoms with Crippen molar-refractivity contribution in [1.82, 2.24) is 4.98 Å². The average Bonchev–Trinajstić information content (AvgIpc) is 2.67. The first kappa shape index (κ1) is 16.6. The number of anilines is 1. The number of aromatic nitrogens is 1. The summed E-state index contributed by atoms with van der Waals surface area (Å²) in [6.45, 7) is 0. The van der Waals surface area contributed by atoms with Crippen LogP contribution in [0.15, 0.2) is 48.7 Å². The second-order valence-corrected chi connectivity index (χ2v) is 5.31. The highest BCUT2D eigenvalue weighted by Gasteiger charge is 2.13. The van der Waals surface area contributed by atoms with Crippen molar-refractivity contribution in [2.45, 2.75) is 0 Å². The van der Waals surface area contributed by atoms with Crippen molar-refractivity contribution >= 4 is 22.5 Å². The fourth-order valence-corrected chi connectivity index (χ4v) is 2.51. The van der Waals surface area contributed by atoms with Crippen LogP contribution in [0.25, 0.3) is 10.9 Å². The highest BCUT2D eigenvalue weighted by Crippen LogP contribution is 2.29. The molecule has 1 aromatic heterocycles. The number of amides is 1. The number of ether oxygens (including phenoxy) is 3. The van der Waals surface area contributed by atoms with Gasteiger partial charge in [0.05, 0.1) is 32.5 Å². The van der Waals surface area contributed by atoms with Crippen molar-refractivity contribution in [3.63, 3.8) is 0 Å². The van der Waals surface area contributed by atoms with Gasteiger partial charge in [0, 0.05) is 29.3 Å². The minimum atomic E-state index is -0.294. The van der Waals surface area contributed by atoms with Crippen LogP contribution in [0.5, 0.6) is 17.2 Å². The summed E-state index contributed by atoms with van der Waals surface area (Å²) in [5.74, 6) is 1.42. The molecule has 1 amide bonds. The molecule has 0 saturated carbocycles. The molecule has 0 unspecified atom stereocenters. The summed E-state index contributed by atoms with van der Waals surface area (Å²) in [5.41, 5.74) is 1.68. The van der Waals surface area contributed by atoms with E-state index in [0.29, 0.717) is 34.0 Å². The molecular weight excluding hydrogens is 320 g/mol. The number of rotatable bonds is 5. The molecule has 25 heavy (non-hydrogen) atoms. The number of nitrogens with one attached hydrogen (secondary N) is 1. The van der Waals surface area contributed by atoms with Gasteiger partial charge in [-0.15, -0.1) is 0 Å². The Hall–Kier alpha value is -3.28. The molecule has 3 rings (SSSR count). The second-order valence-electron chi connectivity index (χ2n) is 5.31. The van der Waals surface area contributed by atoms with Crippen molar-refractivity contribution in [2.24, 2.45) is 0 Å². The third-order valence-electron chi connectivity index (χ3n) is 3.78.